The average Bonchev–Trinajstić information content (AvgIpc) is 3.77. The largest absolute Gasteiger partial charge is 0.456 e. The van der Waals surface area contributed by atoms with Gasteiger partial charge in [0, 0.05) is 43.4 Å². The summed E-state index contributed by atoms with van der Waals surface area (Å²) in [4.78, 5) is 61.7. The number of anilines is 2. The molecular weight excluding hydrogens is 821 g/mol. The van der Waals surface area contributed by atoms with Gasteiger partial charge in [0.25, 0.3) is 0 Å². The molecule has 1 amide bonds. The number of aromatic nitrogens is 8. The molecule has 16 nitrogen and oxygen atoms in total. The fourth-order valence-corrected chi connectivity index (χ4v) is 6.61. The van der Waals surface area contributed by atoms with Crippen molar-refractivity contribution >= 4 is 46.2 Å². The minimum Gasteiger partial charge on any atom is -0.456 e. The molecule has 3 aromatic carbocycles. The molecule has 3 heterocycles. The van der Waals surface area contributed by atoms with E-state index < -0.39 is 76.7 Å². The predicted molar refractivity (Wildman–Crippen MR) is 220 cm³/mol. The number of rotatable bonds is 13. The third kappa shape index (κ3) is 10.8. The van der Waals surface area contributed by atoms with Crippen molar-refractivity contribution in [3.05, 3.63) is 127 Å². The number of aryl methyl sites for hydroxylation is 3. The smallest absolute Gasteiger partial charge is 0.407 e. The van der Waals surface area contributed by atoms with E-state index in [-0.39, 0.29) is 36.0 Å². The van der Waals surface area contributed by atoms with Gasteiger partial charge >= 0.3 is 23.4 Å². The fourth-order valence-electron chi connectivity index (χ4n) is 6.35. The number of halogens is 4. The Hall–Kier alpha value is -6.50. The molecule has 322 valence electrons. The van der Waals surface area contributed by atoms with Crippen molar-refractivity contribution in [3.63, 3.8) is 0 Å². The molecule has 0 saturated carbocycles. The van der Waals surface area contributed by atoms with Crippen LogP contribution in [0.1, 0.15) is 74.4 Å². The number of amides is 1. The summed E-state index contributed by atoms with van der Waals surface area (Å²) in [6.45, 7) is 9.62. The zero-order chi connectivity index (χ0) is 44.4. The van der Waals surface area contributed by atoms with E-state index in [9.17, 15) is 28.0 Å². The number of carbonyl (C=O) groups is 2. The second kappa shape index (κ2) is 17.6. The monoisotopic (exact) mass is 864 g/mol. The summed E-state index contributed by atoms with van der Waals surface area (Å²) in [5.41, 5.74) is -1.61. The zero-order valence-electron chi connectivity index (χ0n) is 34.5. The van der Waals surface area contributed by atoms with E-state index >= 15 is 4.39 Å². The van der Waals surface area contributed by atoms with E-state index in [1.807, 2.05) is 6.07 Å². The van der Waals surface area contributed by atoms with Gasteiger partial charge in [-0.15, -0.1) is 0 Å². The number of hydrogen-bond acceptors (Lipinski definition) is 11. The van der Waals surface area contributed by atoms with E-state index in [4.69, 9.17) is 21.1 Å². The van der Waals surface area contributed by atoms with E-state index in [0.717, 1.165) is 14.7 Å². The summed E-state index contributed by atoms with van der Waals surface area (Å²) in [5, 5.41) is 15.0. The maximum absolute atomic E-state index is 15.2. The third-order valence-corrected chi connectivity index (χ3v) is 9.30. The van der Waals surface area contributed by atoms with Crippen molar-refractivity contribution in [1.29, 1.82) is 0 Å². The molecule has 2 N–H and O–H groups in total. The van der Waals surface area contributed by atoms with E-state index in [1.54, 1.807) is 83.7 Å². The third-order valence-electron chi connectivity index (χ3n) is 9.00. The molecule has 0 atom stereocenters. The number of ether oxygens (including phenoxy) is 2. The lowest BCUT2D eigenvalue weighted by atomic mass is 10.0. The molecule has 0 unspecified atom stereocenters. The van der Waals surface area contributed by atoms with Gasteiger partial charge in [0.1, 0.15) is 29.2 Å². The highest BCUT2D eigenvalue weighted by Gasteiger charge is 2.24. The summed E-state index contributed by atoms with van der Waals surface area (Å²) < 4.78 is 59.1. The number of fused-ring (bicyclic) bond motifs is 1. The molecular formula is C41H44ClF3N10O6. The lowest BCUT2D eigenvalue weighted by Gasteiger charge is -2.21. The molecule has 6 rings (SSSR count). The first kappa shape index (κ1) is 44.1. The van der Waals surface area contributed by atoms with Crippen LogP contribution >= 0.6 is 11.6 Å². The van der Waals surface area contributed by atoms with Crippen LogP contribution in [0.25, 0.3) is 10.9 Å². The number of nitrogens with zero attached hydrogens (tertiary/aromatic N) is 8. The summed E-state index contributed by atoms with van der Waals surface area (Å²) in [7, 11) is 1.70. The molecule has 61 heavy (non-hydrogen) atoms. The molecule has 6 aromatic rings. The number of carbonyl (C=O) groups excluding carboxylic acids is 2. The first-order valence-electron chi connectivity index (χ1n) is 19.1. The molecule has 0 fully saturated rings. The van der Waals surface area contributed by atoms with Gasteiger partial charge in [0.05, 0.1) is 34.9 Å². The highest BCUT2D eigenvalue weighted by Crippen LogP contribution is 2.35. The first-order valence-corrected chi connectivity index (χ1v) is 19.5. The number of esters is 1. The number of hydrogen-bond donors (Lipinski definition) is 2. The SMILES string of the molecule is Cn1cc2c(CCNC(=O)OC(C)(C)C)c(Nc3nc(=O)n(Cc4ncnn4CCc4cccc(C(=O)OC(C)(C)C)c4)c(=O)n3Cc3cc(F)c(F)cc3F)c(Cl)cc2n1. The first-order chi connectivity index (χ1) is 28.7. The van der Waals surface area contributed by atoms with Crippen LogP contribution in [0.3, 0.4) is 0 Å². The Balaban J connectivity index is 1.36. The second-order valence-electron chi connectivity index (χ2n) is 16.1. The molecule has 0 aliphatic heterocycles. The summed E-state index contributed by atoms with van der Waals surface area (Å²) >= 11 is 6.80. The van der Waals surface area contributed by atoms with Crippen molar-refractivity contribution in [3.8, 4) is 0 Å². The molecule has 0 spiro atoms. The summed E-state index contributed by atoms with van der Waals surface area (Å²) in [6, 6.07) is 9.38. The Morgan fingerprint density at radius 2 is 1.61 bits per heavy atom. The Morgan fingerprint density at radius 1 is 0.885 bits per heavy atom. The minimum absolute atomic E-state index is 0.0612. The maximum Gasteiger partial charge on any atom is 0.407 e. The highest BCUT2D eigenvalue weighted by atomic mass is 35.5. The van der Waals surface area contributed by atoms with Crippen LogP contribution < -0.4 is 22.0 Å². The molecule has 0 aliphatic carbocycles. The van der Waals surface area contributed by atoms with Crippen molar-refractivity contribution in [2.75, 3.05) is 11.9 Å². The van der Waals surface area contributed by atoms with Gasteiger partial charge in [-0.05, 0) is 89.8 Å². The van der Waals surface area contributed by atoms with Gasteiger partial charge in [-0.25, -0.2) is 46.6 Å². The number of benzene rings is 3. The van der Waals surface area contributed by atoms with E-state index in [0.29, 0.717) is 40.6 Å². The second-order valence-corrected chi connectivity index (χ2v) is 16.5. The lowest BCUT2D eigenvalue weighted by Crippen LogP contribution is -2.43. The molecule has 20 heteroatoms. The van der Waals surface area contributed by atoms with Gasteiger partial charge in [0.2, 0.25) is 5.95 Å². The van der Waals surface area contributed by atoms with Crippen LogP contribution in [0.2, 0.25) is 5.02 Å². The van der Waals surface area contributed by atoms with Gasteiger partial charge in [0.15, 0.2) is 11.6 Å². The average molecular weight is 865 g/mol. The molecule has 0 radical (unpaired) electrons. The van der Waals surface area contributed by atoms with Crippen LogP contribution in [-0.2, 0) is 49.0 Å². The lowest BCUT2D eigenvalue weighted by molar-refractivity contribution is 0.00690. The Kier molecular flexibility index (Phi) is 12.7. The van der Waals surface area contributed by atoms with Crippen LogP contribution in [0.4, 0.5) is 29.6 Å². The van der Waals surface area contributed by atoms with Crippen LogP contribution in [-0.4, -0.2) is 68.5 Å². The van der Waals surface area contributed by atoms with Gasteiger partial charge in [-0.3, -0.25) is 9.25 Å². The molecule has 0 aliphatic rings. The van der Waals surface area contributed by atoms with Crippen molar-refractivity contribution in [2.24, 2.45) is 7.05 Å². The van der Waals surface area contributed by atoms with E-state index in [2.05, 4.69) is 30.8 Å². The van der Waals surface area contributed by atoms with Crippen LogP contribution in [0, 0.1) is 17.5 Å². The quantitative estimate of drug-likeness (QED) is 0.102. The normalized spacial score (nSPS) is 11.9. The highest BCUT2D eigenvalue weighted by molar-refractivity contribution is 6.34. The molecule has 0 bridgehead atoms. The fraction of sp³-hybridized carbons (Fsp3) is 0.366. The Morgan fingerprint density at radius 3 is 2.33 bits per heavy atom. The van der Waals surface area contributed by atoms with Crippen molar-refractivity contribution in [2.45, 2.75) is 85.2 Å². The molecule has 0 saturated heterocycles. The van der Waals surface area contributed by atoms with Crippen LogP contribution in [0.15, 0.2) is 64.6 Å². The summed E-state index contributed by atoms with van der Waals surface area (Å²) in [6.07, 6.45) is 2.81. The van der Waals surface area contributed by atoms with E-state index in [1.165, 1.54) is 11.0 Å². The van der Waals surface area contributed by atoms with Gasteiger partial charge in [-0.1, -0.05) is 23.7 Å². The number of nitrogens with one attached hydrogen (secondary N) is 2. The molecule has 3 aromatic heterocycles. The summed E-state index contributed by atoms with van der Waals surface area (Å²) in [5.74, 6) is -4.67. The predicted octanol–water partition coefficient (Wildman–Crippen LogP) is 6.06. The van der Waals surface area contributed by atoms with Crippen molar-refractivity contribution in [1.82, 2.24) is 44.0 Å². The standard InChI is InChI=1S/C41H44ClF3N10O6/c1-40(2,3)60-35(56)24-10-8-9-23(15-24)12-14-55-33(47-22-48-55)21-54-37(57)50-36(53(39(54)59)19-25-16-30(44)31(45)18-29(25)43)49-34-26(11-13-46-38(58)61-41(4,5)6)27-20-52(7)51-32(27)17-28(34)42/h8-10,15-18,20,22H,11-14,19,21H2,1-7H3,(H,46,58)(H,49,50,57). The number of alkyl carbamates (subject to hydrolysis) is 1. The maximum atomic E-state index is 15.2. The van der Waals surface area contributed by atoms with Crippen molar-refractivity contribution < 1.29 is 32.2 Å². The topological polar surface area (TPSA) is 182 Å². The minimum atomic E-state index is -1.44. The van der Waals surface area contributed by atoms with Gasteiger partial charge in [-0.2, -0.15) is 15.2 Å². The van der Waals surface area contributed by atoms with Gasteiger partial charge < -0.3 is 20.1 Å². The Bertz CT molecular complexity index is 2750. The van der Waals surface area contributed by atoms with Crippen LogP contribution in [0.5, 0.6) is 0 Å². The zero-order valence-corrected chi connectivity index (χ0v) is 35.2. The Labute approximate surface area is 352 Å².